The molecule has 2 aromatic carbocycles. The molecule has 2 saturated carbocycles. The van der Waals surface area contributed by atoms with Gasteiger partial charge in [0, 0.05) is 49.3 Å². The number of benzene rings is 2. The van der Waals surface area contributed by atoms with Crippen molar-refractivity contribution in [3.8, 4) is 0 Å². The molecular formula is C46H68N6O2. The number of amides is 4. The Balaban J connectivity index is 0.587. The van der Waals surface area contributed by atoms with Gasteiger partial charge in [-0.15, -0.1) is 0 Å². The fourth-order valence-corrected chi connectivity index (χ4v) is 11.6. The number of hydrogen-bond acceptors (Lipinski definition) is 4. The van der Waals surface area contributed by atoms with E-state index in [-0.39, 0.29) is 12.1 Å². The quantitative estimate of drug-likeness (QED) is 0.122. The van der Waals surface area contributed by atoms with Gasteiger partial charge in [0.1, 0.15) is 0 Å². The first-order valence-corrected chi connectivity index (χ1v) is 22.4. The molecule has 2 aliphatic carbocycles. The van der Waals surface area contributed by atoms with Crippen LogP contribution in [0.1, 0.15) is 175 Å². The number of nitrogens with one attached hydrogen (secondary N) is 4. The van der Waals surface area contributed by atoms with Gasteiger partial charge in [-0.1, -0.05) is 74.2 Å². The Morgan fingerprint density at radius 3 is 1.15 bits per heavy atom. The molecule has 4 atom stereocenters. The third kappa shape index (κ3) is 8.96. The largest absolute Gasteiger partial charge is 0.338 e. The first-order valence-electron chi connectivity index (χ1n) is 22.4. The predicted octanol–water partition coefficient (Wildman–Crippen LogP) is 9.61. The second-order valence-corrected chi connectivity index (χ2v) is 17.9. The summed E-state index contributed by atoms with van der Waals surface area (Å²) in [6.07, 6.45) is 24.0. The molecule has 2 aromatic rings. The van der Waals surface area contributed by atoms with Crippen molar-refractivity contribution in [2.45, 2.75) is 165 Å². The summed E-state index contributed by atoms with van der Waals surface area (Å²) in [5.74, 6) is 1.59. The number of carbonyl (C=O) groups excluding carboxylic acids is 2. The zero-order valence-electron chi connectivity index (χ0n) is 32.9. The lowest BCUT2D eigenvalue weighted by Crippen LogP contribution is -2.44. The Labute approximate surface area is 325 Å². The van der Waals surface area contributed by atoms with E-state index < -0.39 is 0 Å². The Morgan fingerprint density at radius 1 is 0.463 bits per heavy atom. The van der Waals surface area contributed by atoms with E-state index in [2.05, 4.69) is 79.6 Å². The third-order valence-electron chi connectivity index (χ3n) is 14.6. The molecule has 294 valence electrons. The molecular weight excluding hydrogens is 669 g/mol. The number of urea groups is 2. The van der Waals surface area contributed by atoms with Crippen molar-refractivity contribution in [2.24, 2.45) is 11.8 Å². The lowest BCUT2D eigenvalue weighted by atomic mass is 9.84. The average molecular weight is 737 g/mol. The fraction of sp³-hybridized carbons (Fsp3) is 0.696. The van der Waals surface area contributed by atoms with Crippen molar-refractivity contribution in [3.05, 3.63) is 70.8 Å². The molecule has 4 amide bonds. The smallest absolute Gasteiger partial charge is 0.315 e. The normalized spacial score (nSPS) is 29.9. The van der Waals surface area contributed by atoms with E-state index in [4.69, 9.17) is 0 Å². The van der Waals surface area contributed by atoms with Crippen LogP contribution < -0.4 is 21.3 Å². The summed E-state index contributed by atoms with van der Waals surface area (Å²) in [4.78, 5) is 30.6. The molecule has 8 heteroatoms. The van der Waals surface area contributed by atoms with Gasteiger partial charge in [-0.3, -0.25) is 9.80 Å². The summed E-state index contributed by atoms with van der Waals surface area (Å²) in [5.41, 5.74) is 6.34. The van der Waals surface area contributed by atoms with Crippen LogP contribution in [-0.2, 0) is 0 Å². The van der Waals surface area contributed by atoms with E-state index in [1.54, 1.807) is 22.3 Å². The monoisotopic (exact) mass is 737 g/mol. The van der Waals surface area contributed by atoms with E-state index in [1.807, 2.05) is 0 Å². The maximum absolute atomic E-state index is 12.5. The minimum Gasteiger partial charge on any atom is -0.338 e. The molecule has 8 rings (SSSR count). The van der Waals surface area contributed by atoms with Gasteiger partial charge in [0.2, 0.25) is 0 Å². The molecule has 4 aliphatic heterocycles. The molecule has 0 spiro atoms. The van der Waals surface area contributed by atoms with Crippen LogP contribution in [0, 0.1) is 11.8 Å². The summed E-state index contributed by atoms with van der Waals surface area (Å²) < 4.78 is 0. The first kappa shape index (κ1) is 37.8. The average Bonchev–Trinajstić information content (AvgIpc) is 3.96. The molecule has 0 aromatic heterocycles. The highest BCUT2D eigenvalue weighted by molar-refractivity contribution is 5.74. The molecule has 54 heavy (non-hydrogen) atoms. The standard InChI is InChI=1S/C46H68N6O2/c53-45(49-35-19-15-33(16-20-35)27-31-51-41-23-24-42(51)38-12-6-5-11-37(38)41)47-29-9-3-1-2-4-10-30-48-46(54)50-36-21-17-34(18-22-36)28-32-52-43-25-26-44(52)40-14-8-7-13-39(40)43/h5-8,11-14,33-36,41-44H,1-4,9-10,15-32H2,(H2,47,49,53)(H2,48,50,54)/t33?,34?,35?,36?,41-,42+,43-,44?/m1/s1. The maximum Gasteiger partial charge on any atom is 0.315 e. The van der Waals surface area contributed by atoms with Crippen LogP contribution in [0.4, 0.5) is 9.59 Å². The van der Waals surface area contributed by atoms with Crippen LogP contribution in [-0.4, -0.2) is 60.1 Å². The SMILES string of the molecule is O=C(NCCCCCCCCNC(=O)NC1CCC(CCN2[C@@H]3CC[C@H]2c2ccccc23)CC1)NC1CCC(CCN2C3CC[C@@H]2c2ccccc23)CC1. The van der Waals surface area contributed by atoms with Crippen LogP contribution >= 0.6 is 0 Å². The topological polar surface area (TPSA) is 88.7 Å². The summed E-state index contributed by atoms with van der Waals surface area (Å²) in [6, 6.07) is 21.5. The van der Waals surface area contributed by atoms with Crippen molar-refractivity contribution in [3.63, 3.8) is 0 Å². The van der Waals surface area contributed by atoms with Crippen LogP contribution in [0.2, 0.25) is 0 Å². The summed E-state index contributed by atoms with van der Waals surface area (Å²) in [6.45, 7) is 3.94. The Kier molecular flexibility index (Phi) is 12.8. The van der Waals surface area contributed by atoms with Crippen molar-refractivity contribution in [2.75, 3.05) is 26.2 Å². The number of nitrogens with zero attached hydrogens (tertiary/aromatic N) is 2. The number of rotatable bonds is 17. The summed E-state index contributed by atoms with van der Waals surface area (Å²) in [5, 5.41) is 12.7. The van der Waals surface area contributed by atoms with Crippen molar-refractivity contribution >= 4 is 12.1 Å². The van der Waals surface area contributed by atoms with Gasteiger partial charge in [0.15, 0.2) is 0 Å². The Bertz CT molecular complexity index is 1360. The van der Waals surface area contributed by atoms with E-state index >= 15 is 0 Å². The minimum atomic E-state index is 0.0120. The molecule has 4 N–H and O–H groups in total. The lowest BCUT2D eigenvalue weighted by Gasteiger charge is -2.31. The molecule has 0 radical (unpaired) electrons. The van der Waals surface area contributed by atoms with E-state index in [0.717, 1.165) is 76.3 Å². The maximum atomic E-state index is 12.5. The van der Waals surface area contributed by atoms with E-state index in [9.17, 15) is 9.59 Å². The first-order chi connectivity index (χ1) is 26.6. The van der Waals surface area contributed by atoms with Crippen molar-refractivity contribution in [1.29, 1.82) is 0 Å². The zero-order valence-corrected chi connectivity index (χ0v) is 32.9. The lowest BCUT2D eigenvalue weighted by molar-refractivity contribution is 0.185. The predicted molar refractivity (Wildman–Crippen MR) is 217 cm³/mol. The Morgan fingerprint density at radius 2 is 0.796 bits per heavy atom. The summed E-state index contributed by atoms with van der Waals surface area (Å²) >= 11 is 0. The number of carbonyl (C=O) groups is 2. The molecule has 4 heterocycles. The van der Waals surface area contributed by atoms with Gasteiger partial charge in [-0.05, 0) is 150 Å². The van der Waals surface area contributed by atoms with Gasteiger partial charge in [-0.2, -0.15) is 0 Å². The number of hydrogen-bond donors (Lipinski definition) is 4. The molecule has 8 nitrogen and oxygen atoms in total. The van der Waals surface area contributed by atoms with Crippen LogP contribution in [0.15, 0.2) is 48.5 Å². The second kappa shape index (κ2) is 18.2. The Hall–Kier alpha value is -3.10. The number of fused-ring (bicyclic) bond motifs is 10. The highest BCUT2D eigenvalue weighted by atomic mass is 16.2. The van der Waals surface area contributed by atoms with Crippen LogP contribution in [0.5, 0.6) is 0 Å². The minimum absolute atomic E-state index is 0.0120. The molecule has 2 saturated heterocycles. The van der Waals surface area contributed by atoms with Crippen molar-refractivity contribution in [1.82, 2.24) is 31.1 Å². The highest BCUT2D eigenvalue weighted by Gasteiger charge is 2.44. The van der Waals surface area contributed by atoms with Gasteiger partial charge in [-0.25, -0.2) is 9.59 Å². The number of unbranched alkanes of at least 4 members (excludes halogenated alkanes) is 5. The molecule has 6 aliphatic rings. The fourth-order valence-electron chi connectivity index (χ4n) is 11.6. The van der Waals surface area contributed by atoms with Crippen LogP contribution in [0.25, 0.3) is 0 Å². The molecule has 4 fully saturated rings. The highest BCUT2D eigenvalue weighted by Crippen LogP contribution is 2.54. The van der Waals surface area contributed by atoms with Gasteiger partial charge >= 0.3 is 12.1 Å². The van der Waals surface area contributed by atoms with Gasteiger partial charge < -0.3 is 21.3 Å². The van der Waals surface area contributed by atoms with Gasteiger partial charge in [0.25, 0.3) is 0 Å². The third-order valence-corrected chi connectivity index (χ3v) is 14.6. The van der Waals surface area contributed by atoms with E-state index in [0.29, 0.717) is 36.3 Å². The zero-order chi connectivity index (χ0) is 36.7. The summed E-state index contributed by atoms with van der Waals surface area (Å²) in [7, 11) is 0. The molecule has 1 unspecified atom stereocenters. The molecule has 4 bridgehead atoms. The second-order valence-electron chi connectivity index (χ2n) is 17.9. The van der Waals surface area contributed by atoms with Gasteiger partial charge in [0.05, 0.1) is 0 Å². The van der Waals surface area contributed by atoms with Crippen LogP contribution in [0.3, 0.4) is 0 Å². The van der Waals surface area contributed by atoms with Crippen molar-refractivity contribution < 1.29 is 9.59 Å². The van der Waals surface area contributed by atoms with E-state index in [1.165, 1.54) is 90.1 Å².